The number of nitrogens with two attached hydrogens (primary N) is 1. The lowest BCUT2D eigenvalue weighted by atomic mass is 10.00. The van der Waals surface area contributed by atoms with Gasteiger partial charge < -0.3 is 16.0 Å². The van der Waals surface area contributed by atoms with Gasteiger partial charge in [0.1, 0.15) is 5.82 Å². The molecule has 116 valence electrons. The van der Waals surface area contributed by atoms with Crippen LogP contribution in [0.4, 0.5) is 5.82 Å². The van der Waals surface area contributed by atoms with E-state index in [9.17, 15) is 0 Å². The third-order valence-electron chi connectivity index (χ3n) is 3.59. The molecule has 0 radical (unpaired) electrons. The highest BCUT2D eigenvalue weighted by atomic mass is 35.5. The van der Waals surface area contributed by atoms with Gasteiger partial charge in [0.2, 0.25) is 0 Å². The van der Waals surface area contributed by atoms with Gasteiger partial charge in [-0.25, -0.2) is 4.98 Å². The van der Waals surface area contributed by atoms with Crippen LogP contribution in [0.25, 0.3) is 0 Å². The highest BCUT2D eigenvalue weighted by molar-refractivity contribution is 6.35. The molecule has 1 saturated heterocycles. The van der Waals surface area contributed by atoms with Crippen LogP contribution in [-0.4, -0.2) is 42.0 Å². The second-order valence-electron chi connectivity index (χ2n) is 5.32. The first-order chi connectivity index (χ1) is 10.1. The average molecular weight is 330 g/mol. The first kappa shape index (κ1) is 16.2. The summed E-state index contributed by atoms with van der Waals surface area (Å²) < 4.78 is 0. The largest absolute Gasteiger partial charge is 0.370 e. The minimum atomic E-state index is 0.504. The summed E-state index contributed by atoms with van der Waals surface area (Å²) in [5.41, 5.74) is 6.01. The molecule has 21 heavy (non-hydrogen) atoms. The zero-order valence-electron chi connectivity index (χ0n) is 12.1. The molecule has 1 aliphatic heterocycles. The Bertz CT molecular complexity index is 498. The number of aliphatic imine (C=N–C) groups is 1. The van der Waals surface area contributed by atoms with Crippen molar-refractivity contribution in [1.82, 2.24) is 9.88 Å². The molecule has 0 saturated carbocycles. The first-order valence-corrected chi connectivity index (χ1v) is 7.91. The van der Waals surface area contributed by atoms with Crippen LogP contribution in [-0.2, 0) is 0 Å². The van der Waals surface area contributed by atoms with E-state index in [0.717, 1.165) is 19.0 Å². The maximum absolute atomic E-state index is 6.03. The summed E-state index contributed by atoms with van der Waals surface area (Å²) in [7, 11) is 0. The van der Waals surface area contributed by atoms with Gasteiger partial charge in [0, 0.05) is 25.8 Å². The van der Waals surface area contributed by atoms with E-state index >= 15 is 0 Å². The number of nitrogens with one attached hydrogen (secondary N) is 1. The summed E-state index contributed by atoms with van der Waals surface area (Å²) in [6.07, 6.45) is 3.92. The molecule has 3 N–H and O–H groups in total. The second kappa shape index (κ2) is 7.71. The molecule has 1 aromatic rings. The van der Waals surface area contributed by atoms with E-state index in [-0.39, 0.29) is 0 Å². The fraction of sp³-hybridized carbons (Fsp3) is 0.571. The monoisotopic (exact) mass is 329 g/mol. The van der Waals surface area contributed by atoms with Crippen molar-refractivity contribution in [1.29, 1.82) is 0 Å². The predicted octanol–water partition coefficient (Wildman–Crippen LogP) is 2.85. The number of hydrogen-bond donors (Lipinski definition) is 2. The van der Waals surface area contributed by atoms with Crippen LogP contribution in [0.15, 0.2) is 17.3 Å². The second-order valence-corrected chi connectivity index (χ2v) is 6.16. The number of rotatable bonds is 4. The molecule has 1 aliphatic rings. The minimum absolute atomic E-state index is 0.504. The van der Waals surface area contributed by atoms with E-state index in [1.807, 2.05) is 0 Å². The van der Waals surface area contributed by atoms with E-state index in [2.05, 4.69) is 27.1 Å². The van der Waals surface area contributed by atoms with Crippen molar-refractivity contribution >= 4 is 35.0 Å². The van der Waals surface area contributed by atoms with E-state index in [0.29, 0.717) is 34.9 Å². The van der Waals surface area contributed by atoms with Gasteiger partial charge in [-0.2, -0.15) is 0 Å². The molecule has 0 atom stereocenters. The number of hydrogen-bond acceptors (Lipinski definition) is 3. The highest BCUT2D eigenvalue weighted by Gasteiger charge is 2.16. The van der Waals surface area contributed by atoms with Gasteiger partial charge in [-0.05, 0) is 24.8 Å². The lowest BCUT2D eigenvalue weighted by molar-refractivity contribution is 0.278. The third kappa shape index (κ3) is 4.93. The predicted molar refractivity (Wildman–Crippen MR) is 89.2 cm³/mol. The standard InChI is InChI=1S/C14H21Cl2N5/c1-10-2-6-21(7-3-10)14(17)19-5-4-18-13-12(16)8-11(15)9-20-13/h8-10H,2-7H2,1H3,(H2,17,19)(H,18,20). The van der Waals surface area contributed by atoms with Crippen LogP contribution in [0.5, 0.6) is 0 Å². The van der Waals surface area contributed by atoms with Crippen LogP contribution in [0.2, 0.25) is 10.0 Å². The molecule has 0 aliphatic carbocycles. The maximum atomic E-state index is 6.03. The van der Waals surface area contributed by atoms with Crippen LogP contribution >= 0.6 is 23.2 Å². The lowest BCUT2D eigenvalue weighted by Gasteiger charge is -2.31. The normalized spacial score (nSPS) is 17.1. The van der Waals surface area contributed by atoms with Gasteiger partial charge in [0.15, 0.2) is 5.96 Å². The van der Waals surface area contributed by atoms with Gasteiger partial charge in [0.05, 0.1) is 16.6 Å². The number of halogens is 2. The number of guanidine groups is 1. The number of anilines is 1. The summed E-state index contributed by atoms with van der Waals surface area (Å²) in [5, 5.41) is 4.15. The number of nitrogens with zero attached hydrogens (tertiary/aromatic N) is 3. The third-order valence-corrected chi connectivity index (χ3v) is 4.09. The summed E-state index contributed by atoms with van der Waals surface area (Å²) in [5.74, 6) is 2.02. The number of piperidine rings is 1. The Morgan fingerprint density at radius 3 is 2.86 bits per heavy atom. The highest BCUT2D eigenvalue weighted by Crippen LogP contribution is 2.22. The molecule has 0 unspecified atom stereocenters. The van der Waals surface area contributed by atoms with Crippen molar-refractivity contribution in [3.8, 4) is 0 Å². The number of aromatic nitrogens is 1. The van der Waals surface area contributed by atoms with Crippen molar-refractivity contribution in [3.63, 3.8) is 0 Å². The Hall–Kier alpha value is -1.20. The fourth-order valence-electron chi connectivity index (χ4n) is 2.23. The van der Waals surface area contributed by atoms with Gasteiger partial charge in [-0.1, -0.05) is 30.1 Å². The molecule has 0 amide bonds. The Morgan fingerprint density at radius 2 is 2.19 bits per heavy atom. The summed E-state index contributed by atoms with van der Waals surface area (Å²) >= 11 is 11.8. The van der Waals surface area contributed by atoms with Gasteiger partial charge in [-0.3, -0.25) is 4.99 Å². The molecule has 2 rings (SSSR count). The summed E-state index contributed by atoms with van der Waals surface area (Å²) in [4.78, 5) is 10.7. The van der Waals surface area contributed by atoms with Gasteiger partial charge in [0.25, 0.3) is 0 Å². The van der Waals surface area contributed by atoms with Crippen LogP contribution in [0.3, 0.4) is 0 Å². The molecular weight excluding hydrogens is 309 g/mol. The van der Waals surface area contributed by atoms with Crippen molar-refractivity contribution in [2.45, 2.75) is 19.8 Å². The SMILES string of the molecule is CC1CCN(C(N)=NCCNc2ncc(Cl)cc2Cl)CC1. The van der Waals surface area contributed by atoms with Crippen molar-refractivity contribution in [2.24, 2.45) is 16.6 Å². The first-order valence-electron chi connectivity index (χ1n) is 7.16. The molecule has 0 spiro atoms. The Morgan fingerprint density at radius 1 is 1.48 bits per heavy atom. The van der Waals surface area contributed by atoms with Crippen molar-refractivity contribution < 1.29 is 0 Å². The smallest absolute Gasteiger partial charge is 0.191 e. The molecule has 7 heteroatoms. The maximum Gasteiger partial charge on any atom is 0.191 e. The zero-order chi connectivity index (χ0) is 15.2. The Balaban J connectivity index is 1.76. The van der Waals surface area contributed by atoms with E-state index in [1.165, 1.54) is 12.8 Å². The molecular formula is C14H21Cl2N5. The lowest BCUT2D eigenvalue weighted by Crippen LogP contribution is -2.42. The Kier molecular flexibility index (Phi) is 5.94. The van der Waals surface area contributed by atoms with Gasteiger partial charge >= 0.3 is 0 Å². The molecule has 1 aromatic heterocycles. The van der Waals surface area contributed by atoms with Crippen molar-refractivity contribution in [2.75, 3.05) is 31.5 Å². The molecule has 0 bridgehead atoms. The molecule has 5 nitrogen and oxygen atoms in total. The number of likely N-dealkylation sites (tertiary alicyclic amines) is 1. The van der Waals surface area contributed by atoms with E-state index in [1.54, 1.807) is 12.3 Å². The van der Waals surface area contributed by atoms with E-state index in [4.69, 9.17) is 28.9 Å². The minimum Gasteiger partial charge on any atom is -0.370 e. The molecule has 2 heterocycles. The van der Waals surface area contributed by atoms with E-state index < -0.39 is 0 Å². The van der Waals surface area contributed by atoms with Crippen molar-refractivity contribution in [3.05, 3.63) is 22.3 Å². The molecule has 0 aromatic carbocycles. The van der Waals surface area contributed by atoms with Crippen LogP contribution < -0.4 is 11.1 Å². The topological polar surface area (TPSA) is 66.5 Å². The van der Waals surface area contributed by atoms with Crippen LogP contribution in [0.1, 0.15) is 19.8 Å². The summed E-state index contributed by atoms with van der Waals surface area (Å²) in [6, 6.07) is 1.66. The van der Waals surface area contributed by atoms with Gasteiger partial charge in [-0.15, -0.1) is 0 Å². The fourth-order valence-corrected chi connectivity index (χ4v) is 2.67. The quantitative estimate of drug-likeness (QED) is 0.506. The van der Waals surface area contributed by atoms with Crippen LogP contribution in [0, 0.1) is 5.92 Å². The average Bonchev–Trinajstić information content (AvgIpc) is 2.46. The molecule has 1 fully saturated rings. The summed E-state index contributed by atoms with van der Waals surface area (Å²) in [6.45, 7) is 5.47. The Labute approximate surface area is 135 Å². The number of pyridine rings is 1. The zero-order valence-corrected chi connectivity index (χ0v) is 13.7.